The zero-order valence-electron chi connectivity index (χ0n) is 50.4. The van der Waals surface area contributed by atoms with Gasteiger partial charge in [0.25, 0.3) is 0 Å². The van der Waals surface area contributed by atoms with Crippen LogP contribution in [-0.2, 0) is 23.8 Å². The van der Waals surface area contributed by atoms with Gasteiger partial charge in [0.1, 0.15) is 18.3 Å². The van der Waals surface area contributed by atoms with E-state index in [4.69, 9.17) is 14.2 Å². The molecule has 2 aliphatic heterocycles. The second-order valence-corrected chi connectivity index (χ2v) is 23.9. The predicted octanol–water partition coefficient (Wildman–Crippen LogP) is 6.37. The van der Waals surface area contributed by atoms with Gasteiger partial charge in [-0.25, -0.2) is 4.79 Å². The Morgan fingerprint density at radius 1 is 0.762 bits per heavy atom. The van der Waals surface area contributed by atoms with E-state index in [9.17, 15) is 60.7 Å². The van der Waals surface area contributed by atoms with Crippen LogP contribution in [0.15, 0.2) is 64.7 Å². The Balaban J connectivity index is 2.44. The highest BCUT2D eigenvalue weighted by Crippen LogP contribution is 2.36. The van der Waals surface area contributed by atoms with Gasteiger partial charge in [-0.15, -0.1) is 0 Å². The first-order valence-electron chi connectivity index (χ1n) is 29.9. The number of fused-ring (bicyclic) bond motifs is 2. The summed E-state index contributed by atoms with van der Waals surface area (Å²) in [5.41, 5.74) is 0.890. The number of aliphatic imine (C=N–C) groups is 1. The summed E-state index contributed by atoms with van der Waals surface area (Å²) in [6, 6.07) is 0. The molecule has 2 rings (SSSR count). The molecule has 0 amide bonds. The number of hydrogen-bond donors (Lipinski definition) is 12. The van der Waals surface area contributed by atoms with E-state index < -0.39 is 115 Å². The highest BCUT2D eigenvalue weighted by Gasteiger charge is 2.50. The molecule has 0 aromatic rings. The summed E-state index contributed by atoms with van der Waals surface area (Å²) in [7, 11) is 3.55. The Bertz CT molecular complexity index is 1940. The number of nitrogens with one attached hydrogen (secondary N) is 2. The number of aliphatic hydroxyl groups is 10. The molecule has 462 valence electrons. The zero-order valence-corrected chi connectivity index (χ0v) is 50.4. The fraction of sp³-hybridized carbons (Fsp3) is 0.790. The maximum absolute atomic E-state index is 13.7. The highest BCUT2D eigenvalue weighted by atomic mass is 16.7. The SMILES string of the molecule is CN=C(NC)NCCC/C=C/CCC[C@H](C)[C@H]1OC(=O)/C(C)=C\C=C\[C@@H](C)[C@@H](O)C[C@@H](O)[C@H](C)[C@H](O)CC[C@H](C)[C@@H](O)C[C@]2(O)O[C@H](C[C@H](OC(=O)CCCCC(C)C)C[C@@H](O)C[C@H](O)C[C@@H](O)/C(C)=C/C=C\[C@H]1C)C[C@@H](O)[C@@H]2O. The minimum Gasteiger partial charge on any atom is -0.462 e. The van der Waals surface area contributed by atoms with Crippen molar-refractivity contribution in [2.24, 2.45) is 40.5 Å². The number of carbonyl (C=O) groups is 2. The molecular formula is C62H109N3O15. The monoisotopic (exact) mass is 1140 g/mol. The summed E-state index contributed by atoms with van der Waals surface area (Å²) in [4.78, 5) is 31.0. The Morgan fingerprint density at radius 3 is 2.08 bits per heavy atom. The number of allylic oxidation sites excluding steroid dienone is 6. The van der Waals surface area contributed by atoms with E-state index >= 15 is 0 Å². The number of esters is 2. The number of aliphatic hydroxyl groups excluding tert-OH is 9. The molecule has 0 unspecified atom stereocenters. The van der Waals surface area contributed by atoms with E-state index in [1.54, 1.807) is 72.0 Å². The lowest BCUT2D eigenvalue weighted by atomic mass is 9.84. The van der Waals surface area contributed by atoms with Gasteiger partial charge in [0.15, 0.2) is 11.7 Å². The van der Waals surface area contributed by atoms with Gasteiger partial charge >= 0.3 is 11.9 Å². The van der Waals surface area contributed by atoms with E-state index in [0.29, 0.717) is 23.5 Å². The van der Waals surface area contributed by atoms with Gasteiger partial charge in [-0.05, 0) is 95.0 Å². The summed E-state index contributed by atoms with van der Waals surface area (Å²) >= 11 is 0. The summed E-state index contributed by atoms with van der Waals surface area (Å²) in [6.07, 6.45) is 7.07. The van der Waals surface area contributed by atoms with Gasteiger partial charge in [0, 0.05) is 88.9 Å². The second-order valence-electron chi connectivity index (χ2n) is 23.9. The van der Waals surface area contributed by atoms with Crippen molar-refractivity contribution in [1.82, 2.24) is 10.6 Å². The first kappa shape index (κ1) is 72.6. The average Bonchev–Trinajstić information content (AvgIpc) is 3.39. The molecule has 0 saturated carbocycles. The van der Waals surface area contributed by atoms with E-state index in [1.807, 2.05) is 20.0 Å². The lowest BCUT2D eigenvalue weighted by Gasteiger charge is -2.45. The number of cyclic esters (lactones) is 1. The number of ether oxygens (including phenoxy) is 3. The molecule has 18 atom stereocenters. The maximum Gasteiger partial charge on any atom is 0.334 e. The number of hydrogen-bond acceptors (Lipinski definition) is 16. The number of nitrogens with zero attached hydrogens (tertiary/aromatic N) is 1. The van der Waals surface area contributed by atoms with Crippen molar-refractivity contribution in [2.75, 3.05) is 20.6 Å². The first-order chi connectivity index (χ1) is 37.7. The molecule has 2 bridgehead atoms. The van der Waals surface area contributed by atoms with Crippen LogP contribution in [0.5, 0.6) is 0 Å². The molecule has 0 spiro atoms. The average molecular weight is 1140 g/mol. The zero-order chi connectivity index (χ0) is 60.1. The molecule has 2 heterocycles. The number of rotatable bonds is 15. The van der Waals surface area contributed by atoms with Crippen LogP contribution in [0.25, 0.3) is 0 Å². The molecule has 0 aromatic carbocycles. The summed E-state index contributed by atoms with van der Waals surface area (Å²) < 4.78 is 18.2. The number of unbranched alkanes of at least 4 members (excludes halogenated alkanes) is 3. The van der Waals surface area contributed by atoms with Gasteiger partial charge in [-0.2, -0.15) is 0 Å². The van der Waals surface area contributed by atoms with Crippen LogP contribution in [0.4, 0.5) is 0 Å². The van der Waals surface area contributed by atoms with Crippen molar-refractivity contribution in [3.8, 4) is 0 Å². The van der Waals surface area contributed by atoms with Crippen molar-refractivity contribution < 1.29 is 74.9 Å². The lowest BCUT2D eigenvalue weighted by Crippen LogP contribution is -2.60. The normalized spacial score (nSPS) is 36.8. The van der Waals surface area contributed by atoms with Crippen LogP contribution in [-0.4, -0.2) is 169 Å². The van der Waals surface area contributed by atoms with Crippen molar-refractivity contribution in [1.29, 1.82) is 0 Å². The fourth-order valence-electron chi connectivity index (χ4n) is 10.3. The summed E-state index contributed by atoms with van der Waals surface area (Å²) in [5, 5.41) is 119. The molecule has 0 aliphatic carbocycles. The Morgan fingerprint density at radius 2 is 1.41 bits per heavy atom. The number of guanidine groups is 1. The van der Waals surface area contributed by atoms with E-state index in [2.05, 4.69) is 48.5 Å². The summed E-state index contributed by atoms with van der Waals surface area (Å²) in [5.74, 6) is -4.18. The standard InChI is InChI=1S/C62H109N3O15/c1-39(2)22-17-18-28-57(74)78-49-33-47(66)32-48(67)34-52(69)40(3)24-20-26-44(7)58(43(6)23-16-14-12-13-15-19-31-65-61(63-10)64-11)79-60(76)45(8)27-21-25-41(4)53(70)37-54(71)46(9)51(68)30-29-42(5)56(73)38-62(77)59(75)55(72)36-50(35-49)80-62/h12-13,20-21,24-27,39,41-44,46-56,58-59,66-73,75,77H,14-19,22-23,28-38H2,1-11H3,(H2,63,64,65)/b13-12+,25-21+,26-20-,40-24+,45-27-/t41-,42+,43+,44-,46-,47+,48+,49-,50-,51-,52-,53+,54-,55-,56+,58-,59+,62+/m1/s1. The Kier molecular flexibility index (Phi) is 34.8. The number of carbonyl (C=O) groups excluding carboxylic acids is 2. The Labute approximate surface area is 479 Å². The predicted molar refractivity (Wildman–Crippen MR) is 313 cm³/mol. The van der Waals surface area contributed by atoms with Gasteiger partial charge in [0.05, 0.1) is 54.9 Å². The quantitative estimate of drug-likeness (QED) is 0.0279. The minimum absolute atomic E-state index is 0.0323. The van der Waals surface area contributed by atoms with Crippen LogP contribution in [0, 0.1) is 35.5 Å². The van der Waals surface area contributed by atoms with Crippen LogP contribution in [0.3, 0.4) is 0 Å². The minimum atomic E-state index is -2.43. The largest absolute Gasteiger partial charge is 0.462 e. The van der Waals surface area contributed by atoms with E-state index in [-0.39, 0.29) is 69.6 Å². The van der Waals surface area contributed by atoms with Gasteiger partial charge in [0.2, 0.25) is 0 Å². The van der Waals surface area contributed by atoms with Crippen molar-refractivity contribution in [3.63, 3.8) is 0 Å². The van der Waals surface area contributed by atoms with Crippen LogP contribution in [0.2, 0.25) is 0 Å². The van der Waals surface area contributed by atoms with Crippen LogP contribution in [0.1, 0.15) is 178 Å². The molecule has 18 heteroatoms. The molecule has 0 radical (unpaired) electrons. The second kappa shape index (κ2) is 38.3. The maximum atomic E-state index is 13.7. The molecule has 0 aromatic heterocycles. The highest BCUT2D eigenvalue weighted by molar-refractivity contribution is 5.88. The topological polar surface area (TPSA) is 301 Å². The van der Waals surface area contributed by atoms with Crippen molar-refractivity contribution >= 4 is 17.9 Å². The van der Waals surface area contributed by atoms with Crippen LogP contribution < -0.4 is 10.6 Å². The fourth-order valence-corrected chi connectivity index (χ4v) is 10.3. The van der Waals surface area contributed by atoms with E-state index in [1.165, 1.54) is 0 Å². The summed E-state index contributed by atoms with van der Waals surface area (Å²) in [6.45, 7) is 17.5. The van der Waals surface area contributed by atoms with Crippen molar-refractivity contribution in [3.05, 3.63) is 59.8 Å². The van der Waals surface area contributed by atoms with Crippen LogP contribution >= 0.6 is 0 Å². The molecule has 18 nitrogen and oxygen atoms in total. The smallest absolute Gasteiger partial charge is 0.334 e. The molecule has 12 N–H and O–H groups in total. The third-order valence-electron chi connectivity index (χ3n) is 16.1. The van der Waals surface area contributed by atoms with Gasteiger partial charge in [-0.3, -0.25) is 9.79 Å². The molecule has 1 saturated heterocycles. The molecular weight excluding hydrogens is 1030 g/mol. The van der Waals surface area contributed by atoms with Crippen molar-refractivity contribution in [2.45, 2.75) is 257 Å². The first-order valence-corrected chi connectivity index (χ1v) is 29.9. The lowest BCUT2D eigenvalue weighted by molar-refractivity contribution is -0.333. The molecule has 2 aliphatic rings. The molecule has 1 fully saturated rings. The Hall–Kier alpha value is -3.53. The third-order valence-corrected chi connectivity index (χ3v) is 16.1. The molecule has 80 heavy (non-hydrogen) atoms. The van der Waals surface area contributed by atoms with Gasteiger partial charge in [-0.1, -0.05) is 110 Å². The van der Waals surface area contributed by atoms with E-state index in [0.717, 1.165) is 57.5 Å². The third kappa shape index (κ3) is 27.7. The van der Waals surface area contributed by atoms with Gasteiger partial charge < -0.3 is 75.9 Å².